The molecule has 0 bridgehead atoms. The monoisotopic (exact) mass is 392 g/mol. The molecular formula is C19H36O8. The van der Waals surface area contributed by atoms with Crippen LogP contribution in [0.5, 0.6) is 0 Å². The fourth-order valence-corrected chi connectivity index (χ4v) is 3.89. The third kappa shape index (κ3) is 6.61. The molecule has 8 unspecified atom stereocenters. The molecular weight excluding hydrogens is 356 g/mol. The van der Waals surface area contributed by atoms with E-state index in [9.17, 15) is 25.5 Å². The maximum Gasteiger partial charge on any atom is 0.120 e. The van der Waals surface area contributed by atoms with E-state index in [1.54, 1.807) is 0 Å². The Labute approximate surface area is 161 Å². The first kappa shape index (κ1) is 23.0. The van der Waals surface area contributed by atoms with E-state index < -0.39 is 36.4 Å². The number of aliphatic hydroxyl groups excluding tert-OH is 5. The molecule has 8 nitrogen and oxygen atoms in total. The second-order valence-electron chi connectivity index (χ2n) is 8.39. The summed E-state index contributed by atoms with van der Waals surface area (Å²) in [4.78, 5) is 10.9. The van der Waals surface area contributed by atoms with E-state index in [0.717, 1.165) is 6.42 Å². The summed E-state index contributed by atoms with van der Waals surface area (Å²) in [7, 11) is 0. The molecule has 160 valence electrons. The van der Waals surface area contributed by atoms with Crippen LogP contribution in [0.4, 0.5) is 0 Å². The van der Waals surface area contributed by atoms with Gasteiger partial charge in [0, 0.05) is 37.9 Å². The van der Waals surface area contributed by atoms with Crippen LogP contribution < -0.4 is 0 Å². The zero-order valence-corrected chi connectivity index (χ0v) is 16.3. The van der Waals surface area contributed by atoms with Crippen molar-refractivity contribution in [1.82, 2.24) is 0 Å². The van der Waals surface area contributed by atoms with Crippen molar-refractivity contribution < 1.29 is 40.0 Å². The van der Waals surface area contributed by atoms with Gasteiger partial charge in [0.2, 0.25) is 0 Å². The van der Waals surface area contributed by atoms with Gasteiger partial charge in [-0.05, 0) is 25.2 Å². The summed E-state index contributed by atoms with van der Waals surface area (Å²) in [5.41, 5.74) is 0. The highest BCUT2D eigenvalue weighted by molar-refractivity contribution is 4.91. The zero-order valence-electron chi connectivity index (χ0n) is 16.3. The minimum absolute atomic E-state index is 0.138. The van der Waals surface area contributed by atoms with Gasteiger partial charge in [-0.15, -0.1) is 0 Å². The summed E-state index contributed by atoms with van der Waals surface area (Å²) in [6.07, 6.45) is -1.63. The summed E-state index contributed by atoms with van der Waals surface area (Å²) in [5.74, 6) is -0.254. The average Bonchev–Trinajstić information content (AvgIpc) is 2.62. The van der Waals surface area contributed by atoms with Crippen LogP contribution in [0.1, 0.15) is 46.0 Å². The van der Waals surface area contributed by atoms with Gasteiger partial charge in [-0.25, -0.2) is 9.78 Å². The van der Waals surface area contributed by atoms with Gasteiger partial charge in [-0.2, -0.15) is 0 Å². The predicted octanol–water partition coefficient (Wildman–Crippen LogP) is -0.00960. The molecule has 2 saturated carbocycles. The van der Waals surface area contributed by atoms with Crippen molar-refractivity contribution in [3.63, 3.8) is 0 Å². The smallest absolute Gasteiger partial charge is 0.120 e. The highest BCUT2D eigenvalue weighted by Crippen LogP contribution is 2.34. The largest absolute Gasteiger partial charge is 0.396 e. The van der Waals surface area contributed by atoms with Gasteiger partial charge in [-0.1, -0.05) is 13.8 Å². The molecule has 2 fully saturated rings. The molecule has 0 aromatic heterocycles. The fourth-order valence-electron chi connectivity index (χ4n) is 3.89. The molecule has 0 aromatic rings. The summed E-state index contributed by atoms with van der Waals surface area (Å²) in [6, 6.07) is 0. The zero-order chi connectivity index (χ0) is 20.0. The van der Waals surface area contributed by atoms with Crippen molar-refractivity contribution in [2.45, 2.75) is 82.6 Å². The van der Waals surface area contributed by atoms with Gasteiger partial charge >= 0.3 is 0 Å². The average molecular weight is 392 g/mol. The van der Waals surface area contributed by atoms with E-state index in [1.807, 2.05) is 0 Å². The van der Waals surface area contributed by atoms with E-state index >= 15 is 0 Å². The fraction of sp³-hybridized carbons (Fsp3) is 1.00. The molecule has 0 aliphatic heterocycles. The van der Waals surface area contributed by atoms with E-state index in [1.165, 1.54) is 0 Å². The lowest BCUT2D eigenvalue weighted by molar-refractivity contribution is -0.355. The number of rotatable bonds is 9. The van der Waals surface area contributed by atoms with Gasteiger partial charge in [0.15, 0.2) is 0 Å². The second kappa shape index (κ2) is 11.0. The molecule has 2 aliphatic rings. The lowest BCUT2D eigenvalue weighted by Crippen LogP contribution is -2.50. The van der Waals surface area contributed by atoms with E-state index in [2.05, 4.69) is 13.8 Å². The maximum absolute atomic E-state index is 10.3. The highest BCUT2D eigenvalue weighted by Gasteiger charge is 2.42. The molecule has 0 saturated heterocycles. The van der Waals surface area contributed by atoms with Crippen molar-refractivity contribution in [1.29, 1.82) is 0 Å². The third-order valence-corrected chi connectivity index (χ3v) is 5.72. The maximum atomic E-state index is 10.3. The van der Waals surface area contributed by atoms with Crippen LogP contribution in [0, 0.1) is 17.8 Å². The summed E-state index contributed by atoms with van der Waals surface area (Å²) in [5, 5.41) is 49.1. The lowest BCUT2D eigenvalue weighted by atomic mass is 9.81. The van der Waals surface area contributed by atoms with E-state index in [-0.39, 0.29) is 31.7 Å². The van der Waals surface area contributed by atoms with Gasteiger partial charge < -0.3 is 30.3 Å². The summed E-state index contributed by atoms with van der Waals surface area (Å²) in [6.45, 7) is 4.27. The lowest BCUT2D eigenvalue weighted by Gasteiger charge is -2.42. The van der Waals surface area contributed by atoms with Crippen LogP contribution in [0.25, 0.3) is 0 Å². The Morgan fingerprint density at radius 2 is 1.56 bits per heavy atom. The normalized spacial score (nSPS) is 40.4. The Hall–Kier alpha value is -0.320. The molecule has 2 rings (SSSR count). The highest BCUT2D eigenvalue weighted by atomic mass is 17.2. The topological polar surface area (TPSA) is 129 Å². The molecule has 8 heteroatoms. The first-order valence-corrected chi connectivity index (χ1v) is 10.0. The van der Waals surface area contributed by atoms with E-state index in [0.29, 0.717) is 31.8 Å². The molecule has 0 heterocycles. The molecule has 0 radical (unpaired) electrons. The van der Waals surface area contributed by atoms with Crippen LogP contribution in [0.2, 0.25) is 0 Å². The van der Waals surface area contributed by atoms with Crippen LogP contribution in [0.15, 0.2) is 0 Å². The van der Waals surface area contributed by atoms with Gasteiger partial charge in [0.05, 0.1) is 37.1 Å². The molecule has 5 N–H and O–H groups in total. The van der Waals surface area contributed by atoms with Crippen molar-refractivity contribution in [3.8, 4) is 0 Å². The predicted molar refractivity (Wildman–Crippen MR) is 96.6 cm³/mol. The first-order chi connectivity index (χ1) is 12.8. The Morgan fingerprint density at radius 3 is 2.19 bits per heavy atom. The van der Waals surface area contributed by atoms with Crippen molar-refractivity contribution >= 4 is 0 Å². The number of aliphatic hydroxyl groups is 5. The second-order valence-corrected chi connectivity index (χ2v) is 8.39. The van der Waals surface area contributed by atoms with Crippen molar-refractivity contribution in [3.05, 3.63) is 0 Å². The SMILES string of the molecule is CC(C)CCOOC1CC(CO)C(O)CC1OC1CC(O)C(O)C(CO)C1. The Balaban J connectivity index is 1.95. The van der Waals surface area contributed by atoms with Crippen LogP contribution in [0.3, 0.4) is 0 Å². The molecule has 0 spiro atoms. The van der Waals surface area contributed by atoms with E-state index in [4.69, 9.17) is 14.5 Å². The summed E-state index contributed by atoms with van der Waals surface area (Å²) < 4.78 is 6.11. The molecule has 27 heavy (non-hydrogen) atoms. The quantitative estimate of drug-likeness (QED) is 0.211. The Bertz CT molecular complexity index is 421. The van der Waals surface area contributed by atoms with Crippen molar-refractivity contribution in [2.75, 3.05) is 19.8 Å². The van der Waals surface area contributed by atoms with Gasteiger partial charge in [0.1, 0.15) is 6.10 Å². The molecule has 0 amide bonds. The number of ether oxygens (including phenoxy) is 1. The number of hydrogen-bond donors (Lipinski definition) is 5. The Morgan fingerprint density at radius 1 is 0.852 bits per heavy atom. The first-order valence-electron chi connectivity index (χ1n) is 10.0. The van der Waals surface area contributed by atoms with Crippen LogP contribution in [-0.4, -0.2) is 82.0 Å². The van der Waals surface area contributed by atoms with Gasteiger partial charge in [-0.3, -0.25) is 0 Å². The van der Waals surface area contributed by atoms with Crippen LogP contribution in [-0.2, 0) is 14.5 Å². The number of hydrogen-bond acceptors (Lipinski definition) is 8. The van der Waals surface area contributed by atoms with Crippen LogP contribution >= 0.6 is 0 Å². The minimum Gasteiger partial charge on any atom is -0.396 e. The van der Waals surface area contributed by atoms with Gasteiger partial charge in [0.25, 0.3) is 0 Å². The van der Waals surface area contributed by atoms with Crippen molar-refractivity contribution in [2.24, 2.45) is 17.8 Å². The third-order valence-electron chi connectivity index (χ3n) is 5.72. The summed E-state index contributed by atoms with van der Waals surface area (Å²) >= 11 is 0. The minimum atomic E-state index is -0.961. The Kier molecular flexibility index (Phi) is 9.37. The molecule has 0 aromatic carbocycles. The standard InChI is InChI=1S/C19H36O8/c1-11(2)3-4-25-27-18-6-12(9-20)15(22)8-17(18)26-14-5-13(10-21)19(24)16(23)7-14/h11-24H,3-10H2,1-2H3. The molecule has 2 aliphatic carbocycles. The molecule has 8 atom stereocenters.